The lowest BCUT2D eigenvalue weighted by atomic mass is 9.77. The van der Waals surface area contributed by atoms with Gasteiger partial charge in [-0.1, -0.05) is 5.16 Å². The standard InChI is InChI=1S/C16H17N5O2S/c1-22-11-5-3-10(4-6-11)18-15-19-12(9-24-15)13-20-14(21-23-13)16(17)7-2-8-16/h3-6,9H,2,7-8,17H2,1H3,(H,18,19). The van der Waals surface area contributed by atoms with Crippen LogP contribution in [0.5, 0.6) is 5.75 Å². The summed E-state index contributed by atoms with van der Waals surface area (Å²) in [6.07, 6.45) is 2.90. The van der Waals surface area contributed by atoms with Crippen molar-refractivity contribution >= 4 is 22.2 Å². The van der Waals surface area contributed by atoms with Crippen molar-refractivity contribution in [2.45, 2.75) is 24.8 Å². The van der Waals surface area contributed by atoms with Gasteiger partial charge < -0.3 is 20.3 Å². The van der Waals surface area contributed by atoms with Gasteiger partial charge in [0.05, 0.1) is 12.6 Å². The summed E-state index contributed by atoms with van der Waals surface area (Å²) in [5.74, 6) is 1.78. The monoisotopic (exact) mass is 343 g/mol. The molecule has 1 saturated carbocycles. The maximum atomic E-state index is 6.22. The van der Waals surface area contributed by atoms with Crippen LogP contribution in [0, 0.1) is 0 Å². The normalized spacial score (nSPS) is 15.8. The molecule has 3 N–H and O–H groups in total. The van der Waals surface area contributed by atoms with Gasteiger partial charge >= 0.3 is 0 Å². The summed E-state index contributed by atoms with van der Waals surface area (Å²) >= 11 is 1.47. The van der Waals surface area contributed by atoms with Crippen molar-refractivity contribution in [2.75, 3.05) is 12.4 Å². The van der Waals surface area contributed by atoms with E-state index in [4.69, 9.17) is 15.0 Å². The summed E-state index contributed by atoms with van der Waals surface area (Å²) < 4.78 is 10.5. The highest BCUT2D eigenvalue weighted by Gasteiger charge is 2.39. The second kappa shape index (κ2) is 5.88. The molecular weight excluding hydrogens is 326 g/mol. The second-order valence-corrected chi connectivity index (χ2v) is 6.68. The van der Waals surface area contributed by atoms with Crippen molar-refractivity contribution in [1.29, 1.82) is 0 Å². The van der Waals surface area contributed by atoms with Gasteiger partial charge in [0.1, 0.15) is 11.4 Å². The fourth-order valence-electron chi connectivity index (χ4n) is 2.54. The lowest BCUT2D eigenvalue weighted by Crippen LogP contribution is -2.44. The van der Waals surface area contributed by atoms with Crippen LogP contribution < -0.4 is 15.8 Å². The molecule has 4 rings (SSSR count). The summed E-state index contributed by atoms with van der Waals surface area (Å²) in [5.41, 5.74) is 7.37. The first-order chi connectivity index (χ1) is 11.7. The Bertz CT molecular complexity index is 838. The molecule has 0 radical (unpaired) electrons. The fraction of sp³-hybridized carbons (Fsp3) is 0.312. The van der Waals surface area contributed by atoms with Gasteiger partial charge in [0.15, 0.2) is 11.0 Å². The molecule has 0 atom stereocenters. The van der Waals surface area contributed by atoms with Gasteiger partial charge in [-0.05, 0) is 43.5 Å². The van der Waals surface area contributed by atoms with E-state index in [0.717, 1.165) is 35.8 Å². The van der Waals surface area contributed by atoms with Gasteiger partial charge in [-0.25, -0.2) is 4.98 Å². The third-order valence-corrected chi connectivity index (χ3v) is 4.94. The molecule has 2 heterocycles. The average Bonchev–Trinajstić information content (AvgIpc) is 3.22. The van der Waals surface area contributed by atoms with Crippen LogP contribution in [0.3, 0.4) is 0 Å². The minimum Gasteiger partial charge on any atom is -0.497 e. The summed E-state index contributed by atoms with van der Waals surface area (Å²) in [6, 6.07) is 7.64. The minimum absolute atomic E-state index is 0.403. The number of nitrogens with zero attached hydrogens (tertiary/aromatic N) is 3. The van der Waals surface area contributed by atoms with E-state index in [9.17, 15) is 0 Å². The number of hydrogen-bond acceptors (Lipinski definition) is 8. The zero-order chi connectivity index (χ0) is 16.6. The van der Waals surface area contributed by atoms with Gasteiger partial charge in [0, 0.05) is 11.1 Å². The van der Waals surface area contributed by atoms with Crippen LogP contribution in [0.2, 0.25) is 0 Å². The molecule has 1 aliphatic rings. The first kappa shape index (κ1) is 15.1. The van der Waals surface area contributed by atoms with Gasteiger partial charge in [0.2, 0.25) is 0 Å². The molecule has 7 nitrogen and oxygen atoms in total. The highest BCUT2D eigenvalue weighted by Crippen LogP contribution is 2.38. The van der Waals surface area contributed by atoms with Crippen molar-refractivity contribution < 1.29 is 9.26 Å². The Morgan fingerprint density at radius 3 is 2.71 bits per heavy atom. The molecule has 1 aromatic carbocycles. The number of anilines is 2. The molecule has 1 fully saturated rings. The fourth-order valence-corrected chi connectivity index (χ4v) is 3.24. The van der Waals surface area contributed by atoms with Gasteiger partial charge in [-0.3, -0.25) is 0 Å². The zero-order valence-electron chi connectivity index (χ0n) is 13.2. The Balaban J connectivity index is 1.50. The number of aromatic nitrogens is 3. The summed E-state index contributed by atoms with van der Waals surface area (Å²) in [7, 11) is 1.64. The molecule has 124 valence electrons. The van der Waals surface area contributed by atoms with Crippen molar-refractivity contribution in [2.24, 2.45) is 5.73 Å². The van der Waals surface area contributed by atoms with Gasteiger partial charge in [-0.2, -0.15) is 4.98 Å². The molecule has 0 unspecified atom stereocenters. The summed E-state index contributed by atoms with van der Waals surface area (Å²) in [4.78, 5) is 8.91. The summed E-state index contributed by atoms with van der Waals surface area (Å²) in [5, 5.41) is 9.89. The van der Waals surface area contributed by atoms with E-state index in [0.29, 0.717) is 17.4 Å². The molecule has 0 aliphatic heterocycles. The largest absolute Gasteiger partial charge is 0.497 e. The molecular formula is C16H17N5O2S. The lowest BCUT2D eigenvalue weighted by molar-refractivity contribution is 0.229. The maximum absolute atomic E-state index is 6.22. The van der Waals surface area contributed by atoms with Crippen LogP contribution in [-0.2, 0) is 5.54 Å². The molecule has 0 spiro atoms. The van der Waals surface area contributed by atoms with E-state index in [-0.39, 0.29) is 0 Å². The Morgan fingerprint density at radius 1 is 1.25 bits per heavy atom. The van der Waals surface area contributed by atoms with Crippen LogP contribution in [0.4, 0.5) is 10.8 Å². The first-order valence-corrected chi connectivity index (χ1v) is 8.54. The van der Waals surface area contributed by atoms with E-state index in [1.807, 2.05) is 29.6 Å². The number of nitrogens with one attached hydrogen (secondary N) is 1. The van der Waals surface area contributed by atoms with E-state index in [1.165, 1.54) is 11.3 Å². The molecule has 3 aromatic rings. The Morgan fingerprint density at radius 2 is 2.04 bits per heavy atom. The molecule has 8 heteroatoms. The van der Waals surface area contributed by atoms with Crippen LogP contribution in [-0.4, -0.2) is 22.2 Å². The second-order valence-electron chi connectivity index (χ2n) is 5.82. The Labute approximate surface area is 142 Å². The number of ether oxygens (including phenoxy) is 1. The van der Waals surface area contributed by atoms with Crippen LogP contribution in [0.25, 0.3) is 11.6 Å². The number of hydrogen-bond donors (Lipinski definition) is 2. The maximum Gasteiger partial charge on any atom is 0.277 e. The van der Waals surface area contributed by atoms with Crippen LogP contribution >= 0.6 is 11.3 Å². The molecule has 2 aromatic heterocycles. The van der Waals surface area contributed by atoms with Gasteiger partial charge in [0.25, 0.3) is 5.89 Å². The third kappa shape index (κ3) is 2.74. The van der Waals surface area contributed by atoms with Crippen LogP contribution in [0.1, 0.15) is 25.1 Å². The lowest BCUT2D eigenvalue weighted by Gasteiger charge is -2.34. The SMILES string of the molecule is COc1ccc(Nc2nc(-c3nc(C4(N)CCC4)no3)cs2)cc1. The number of nitrogens with two attached hydrogens (primary N) is 1. The molecule has 0 bridgehead atoms. The topological polar surface area (TPSA) is 99.1 Å². The van der Waals surface area contributed by atoms with E-state index in [2.05, 4.69) is 20.4 Å². The quantitative estimate of drug-likeness (QED) is 0.733. The number of methoxy groups -OCH3 is 1. The number of rotatable bonds is 5. The van der Waals surface area contributed by atoms with E-state index in [1.54, 1.807) is 7.11 Å². The third-order valence-electron chi connectivity index (χ3n) is 4.18. The van der Waals surface area contributed by atoms with E-state index < -0.39 is 5.54 Å². The average molecular weight is 343 g/mol. The Kier molecular flexibility index (Phi) is 3.70. The minimum atomic E-state index is -0.429. The Hall–Kier alpha value is -2.45. The van der Waals surface area contributed by atoms with Crippen molar-refractivity contribution in [1.82, 2.24) is 15.1 Å². The zero-order valence-corrected chi connectivity index (χ0v) is 14.0. The molecule has 24 heavy (non-hydrogen) atoms. The van der Waals surface area contributed by atoms with Crippen molar-refractivity contribution in [3.63, 3.8) is 0 Å². The first-order valence-electron chi connectivity index (χ1n) is 7.66. The predicted molar refractivity (Wildman–Crippen MR) is 91.4 cm³/mol. The van der Waals surface area contributed by atoms with E-state index >= 15 is 0 Å². The number of thiazole rings is 1. The highest BCUT2D eigenvalue weighted by atomic mass is 32.1. The van der Waals surface area contributed by atoms with Crippen molar-refractivity contribution in [3.05, 3.63) is 35.5 Å². The highest BCUT2D eigenvalue weighted by molar-refractivity contribution is 7.14. The summed E-state index contributed by atoms with van der Waals surface area (Å²) in [6.45, 7) is 0. The molecule has 0 saturated heterocycles. The van der Waals surface area contributed by atoms with Crippen molar-refractivity contribution in [3.8, 4) is 17.3 Å². The molecule has 0 amide bonds. The predicted octanol–water partition coefficient (Wildman–Crippen LogP) is 3.28. The molecule has 1 aliphatic carbocycles. The number of benzene rings is 1. The van der Waals surface area contributed by atoms with Crippen LogP contribution in [0.15, 0.2) is 34.2 Å². The van der Waals surface area contributed by atoms with Gasteiger partial charge in [-0.15, -0.1) is 11.3 Å². The smallest absolute Gasteiger partial charge is 0.277 e.